The monoisotopic (exact) mass is 214 g/mol. The van der Waals surface area contributed by atoms with Gasteiger partial charge in [-0.15, -0.1) is 0 Å². The van der Waals surface area contributed by atoms with Crippen molar-refractivity contribution in [3.8, 4) is 0 Å². The van der Waals surface area contributed by atoms with Crippen LogP contribution in [0.2, 0.25) is 0 Å². The molecular formula is C6H9F2O4P. The average Bonchev–Trinajstić information content (AvgIpc) is 2.33. The second-order valence-corrected chi connectivity index (χ2v) is 5.70. The van der Waals surface area contributed by atoms with Crippen molar-refractivity contribution in [1.29, 1.82) is 0 Å². The molecular weight excluding hydrogens is 205 g/mol. The predicted octanol–water partition coefficient (Wildman–Crippen LogP) is 1.30. The summed E-state index contributed by atoms with van der Waals surface area (Å²) in [5, 5.41) is -1.86. The van der Waals surface area contributed by atoms with E-state index in [0.29, 0.717) is 0 Å². The second-order valence-electron chi connectivity index (χ2n) is 2.94. The summed E-state index contributed by atoms with van der Waals surface area (Å²) in [6, 6.07) is 0. The fraction of sp³-hybridized carbons (Fsp3) is 0.667. The number of rotatable bonds is 3. The van der Waals surface area contributed by atoms with Crippen LogP contribution in [0, 0.1) is 0 Å². The zero-order valence-corrected chi connectivity index (χ0v) is 8.04. The normalized spacial score (nSPS) is 37.4. The molecule has 0 N–H and O–H groups in total. The van der Waals surface area contributed by atoms with E-state index in [0.717, 1.165) is 13.8 Å². The molecule has 2 unspecified atom stereocenters. The zero-order chi connectivity index (χ0) is 10.3. The molecule has 0 radical (unpaired) electrons. The third-order valence-corrected chi connectivity index (χ3v) is 4.68. The molecule has 0 bridgehead atoms. The Bertz CT molecular complexity index is 257. The van der Waals surface area contributed by atoms with Gasteiger partial charge in [-0.2, -0.15) is 0 Å². The van der Waals surface area contributed by atoms with Gasteiger partial charge in [-0.3, -0.25) is 0 Å². The van der Waals surface area contributed by atoms with Crippen molar-refractivity contribution in [2.75, 3.05) is 0 Å². The summed E-state index contributed by atoms with van der Waals surface area (Å²) in [5.74, 6) is -2.33. The van der Waals surface area contributed by atoms with Crippen LogP contribution in [0.4, 0.5) is 8.39 Å². The Morgan fingerprint density at radius 1 is 1.62 bits per heavy atom. The van der Waals surface area contributed by atoms with Gasteiger partial charge in [0.05, 0.1) is 0 Å². The molecule has 1 aliphatic rings. The summed E-state index contributed by atoms with van der Waals surface area (Å²) in [6.07, 6.45) is 0. The third kappa shape index (κ3) is 1.39. The van der Waals surface area contributed by atoms with Gasteiger partial charge in [0.2, 0.25) is 0 Å². The van der Waals surface area contributed by atoms with Crippen LogP contribution in [-0.2, 0) is 19.1 Å². The van der Waals surface area contributed by atoms with E-state index in [-0.39, 0.29) is 6.47 Å². The molecule has 1 fully saturated rings. The molecule has 13 heavy (non-hydrogen) atoms. The van der Waals surface area contributed by atoms with Crippen molar-refractivity contribution in [3.63, 3.8) is 0 Å². The van der Waals surface area contributed by atoms with Gasteiger partial charge in [-0.05, 0) is 0 Å². The summed E-state index contributed by atoms with van der Waals surface area (Å²) in [6.45, 7) is 2.06. The van der Waals surface area contributed by atoms with Crippen LogP contribution in [0.1, 0.15) is 13.8 Å². The Balaban J connectivity index is 2.71. The first kappa shape index (κ1) is 10.3. The van der Waals surface area contributed by atoms with Crippen molar-refractivity contribution in [2.45, 2.75) is 25.0 Å². The number of hydrogen-bond acceptors (Lipinski definition) is 4. The fourth-order valence-electron chi connectivity index (χ4n) is 1.16. The maximum absolute atomic E-state index is 13.0. The molecule has 1 rings (SSSR count). The Hall–Kier alpha value is -0.770. The molecule has 76 valence electrons. The van der Waals surface area contributed by atoms with Gasteiger partial charge < -0.3 is 0 Å². The van der Waals surface area contributed by atoms with Crippen LogP contribution in [0.3, 0.4) is 0 Å². The molecule has 7 heteroatoms. The van der Waals surface area contributed by atoms with Crippen LogP contribution in [0.25, 0.3) is 0 Å². The van der Waals surface area contributed by atoms with E-state index in [4.69, 9.17) is 0 Å². The van der Waals surface area contributed by atoms with Gasteiger partial charge in [-0.1, -0.05) is 0 Å². The quantitative estimate of drug-likeness (QED) is 0.403. The SMILES string of the molecule is CC(=O)OC1(C)C(OC=O)[PH]1(F)F. The Labute approximate surface area is 73.8 Å². The van der Waals surface area contributed by atoms with Crippen molar-refractivity contribution in [1.82, 2.24) is 0 Å². The molecule has 0 aromatic rings. The predicted molar refractivity (Wildman–Crippen MR) is 41.6 cm³/mol. The Kier molecular flexibility index (Phi) is 2.28. The van der Waals surface area contributed by atoms with Crippen LogP contribution < -0.4 is 0 Å². The summed E-state index contributed by atoms with van der Waals surface area (Å²) in [7, 11) is -4.72. The van der Waals surface area contributed by atoms with Crippen LogP contribution in [-0.4, -0.2) is 23.6 Å². The van der Waals surface area contributed by atoms with Crippen molar-refractivity contribution in [2.24, 2.45) is 0 Å². The third-order valence-electron chi connectivity index (χ3n) is 1.96. The summed E-state index contributed by atoms with van der Waals surface area (Å²) >= 11 is 0. The Morgan fingerprint density at radius 3 is 2.54 bits per heavy atom. The summed E-state index contributed by atoms with van der Waals surface area (Å²) < 4.78 is 34.5. The number of halogens is 2. The van der Waals surface area contributed by atoms with E-state index >= 15 is 0 Å². The molecule has 1 heterocycles. The van der Waals surface area contributed by atoms with Crippen molar-refractivity contribution in [3.05, 3.63) is 0 Å². The van der Waals surface area contributed by atoms with Gasteiger partial charge in [0.1, 0.15) is 0 Å². The molecule has 0 spiro atoms. The van der Waals surface area contributed by atoms with Crippen LogP contribution in [0.15, 0.2) is 0 Å². The fourth-order valence-corrected chi connectivity index (χ4v) is 3.07. The van der Waals surface area contributed by atoms with Gasteiger partial charge in [-0.25, -0.2) is 0 Å². The number of ether oxygens (including phenoxy) is 2. The van der Waals surface area contributed by atoms with Crippen molar-refractivity contribution >= 4 is 20.3 Å². The summed E-state index contributed by atoms with van der Waals surface area (Å²) in [5.41, 5.74) is 0. The number of esters is 1. The molecule has 0 aromatic heterocycles. The standard InChI is InChI=1S/C6H9F2O4P/c1-4(10)12-6(2)5(11-3-9)13(6,7)8/h3,5,13H,1-2H3. The first-order valence-electron chi connectivity index (χ1n) is 3.52. The molecule has 0 amide bonds. The summed E-state index contributed by atoms with van der Waals surface area (Å²) in [4.78, 5) is 20.3. The molecule has 4 nitrogen and oxygen atoms in total. The van der Waals surface area contributed by atoms with E-state index in [2.05, 4.69) is 9.47 Å². The van der Waals surface area contributed by atoms with Crippen molar-refractivity contribution < 1.29 is 27.5 Å². The number of carbonyl (C=O) groups is 2. The van der Waals surface area contributed by atoms with E-state index in [1.165, 1.54) is 0 Å². The molecule has 0 aromatic carbocycles. The van der Waals surface area contributed by atoms with Crippen LogP contribution in [0.5, 0.6) is 0 Å². The van der Waals surface area contributed by atoms with Gasteiger partial charge >= 0.3 is 72.8 Å². The molecule has 0 saturated carbocycles. The second kappa shape index (κ2) is 2.87. The first-order chi connectivity index (χ1) is 5.86. The maximum atomic E-state index is 13.0. The van der Waals surface area contributed by atoms with E-state index < -0.39 is 25.0 Å². The molecule has 1 aliphatic heterocycles. The van der Waals surface area contributed by atoms with Gasteiger partial charge in [0, 0.05) is 0 Å². The number of carbonyl (C=O) groups excluding carboxylic acids is 2. The van der Waals surface area contributed by atoms with Crippen LogP contribution >= 0.6 is 7.88 Å². The van der Waals surface area contributed by atoms with Gasteiger partial charge in [0.25, 0.3) is 0 Å². The van der Waals surface area contributed by atoms with E-state index in [1.807, 2.05) is 0 Å². The van der Waals surface area contributed by atoms with E-state index in [9.17, 15) is 18.0 Å². The zero-order valence-electron chi connectivity index (χ0n) is 7.04. The van der Waals surface area contributed by atoms with Gasteiger partial charge in [0.15, 0.2) is 0 Å². The molecule has 1 saturated heterocycles. The minimum absolute atomic E-state index is 0.0552. The minimum atomic E-state index is -4.72. The topological polar surface area (TPSA) is 52.6 Å². The molecule has 2 atom stereocenters. The average molecular weight is 214 g/mol. The Morgan fingerprint density at radius 2 is 2.15 bits per heavy atom. The van der Waals surface area contributed by atoms with E-state index in [1.54, 1.807) is 0 Å². The molecule has 0 aliphatic carbocycles. The number of hydrogen-bond donors (Lipinski definition) is 0. The first-order valence-corrected chi connectivity index (χ1v) is 5.36.